The number of rotatable bonds is 8. The van der Waals surface area contributed by atoms with Crippen LogP contribution in [-0.4, -0.2) is 42.9 Å². The van der Waals surface area contributed by atoms with Crippen LogP contribution in [0, 0.1) is 0 Å². The van der Waals surface area contributed by atoms with Crippen LogP contribution in [0.3, 0.4) is 0 Å². The van der Waals surface area contributed by atoms with Crippen molar-refractivity contribution in [2.24, 2.45) is 0 Å². The van der Waals surface area contributed by atoms with Gasteiger partial charge in [0.05, 0.1) is 6.10 Å². The van der Waals surface area contributed by atoms with Gasteiger partial charge in [0.15, 0.2) is 0 Å². The highest BCUT2D eigenvalue weighted by Gasteiger charge is 2.18. The first-order valence-electron chi connectivity index (χ1n) is 5.81. The third kappa shape index (κ3) is 7.57. The van der Waals surface area contributed by atoms with Crippen molar-refractivity contribution in [3.8, 4) is 0 Å². The van der Waals surface area contributed by atoms with Crippen LogP contribution in [0.25, 0.3) is 0 Å². The number of amides is 2. The molecule has 0 bridgehead atoms. The summed E-state index contributed by atoms with van der Waals surface area (Å²) in [6, 6.07) is -1.30. The second-order valence-electron chi connectivity index (χ2n) is 3.93. The van der Waals surface area contributed by atoms with E-state index in [1.165, 1.54) is 0 Å². The largest absolute Gasteiger partial charge is 0.480 e. The van der Waals surface area contributed by atoms with Gasteiger partial charge in [0.2, 0.25) is 0 Å². The molecule has 0 rings (SSSR count). The molecule has 0 aromatic rings. The molecule has 0 fully saturated rings. The number of aliphatic carboxylic acids is 1. The minimum absolute atomic E-state index is 0.0975. The molecule has 2 amide bonds. The van der Waals surface area contributed by atoms with Gasteiger partial charge in [0, 0.05) is 13.7 Å². The highest BCUT2D eigenvalue weighted by Crippen LogP contribution is 2.00. The van der Waals surface area contributed by atoms with Crippen molar-refractivity contribution in [1.29, 1.82) is 0 Å². The molecular formula is C11H22N2O4. The number of hydrogen-bond donors (Lipinski definition) is 3. The molecule has 6 heteroatoms. The Hall–Kier alpha value is -1.30. The first-order chi connectivity index (χ1) is 8.01. The lowest BCUT2D eigenvalue weighted by molar-refractivity contribution is -0.139. The van der Waals surface area contributed by atoms with Crippen LogP contribution in [0.1, 0.15) is 33.1 Å². The fourth-order valence-corrected chi connectivity index (χ4v) is 1.19. The smallest absolute Gasteiger partial charge is 0.326 e. The maximum Gasteiger partial charge on any atom is 0.326 e. The van der Waals surface area contributed by atoms with E-state index in [0.29, 0.717) is 13.0 Å². The third-order valence-corrected chi connectivity index (χ3v) is 2.40. The molecule has 0 saturated carbocycles. The molecule has 0 aromatic heterocycles. The number of hydrogen-bond acceptors (Lipinski definition) is 3. The molecule has 100 valence electrons. The van der Waals surface area contributed by atoms with Gasteiger partial charge in [-0.15, -0.1) is 0 Å². The van der Waals surface area contributed by atoms with Gasteiger partial charge in [-0.1, -0.05) is 19.8 Å². The fraction of sp³-hybridized carbons (Fsp3) is 0.818. The molecule has 2 atom stereocenters. The van der Waals surface area contributed by atoms with Gasteiger partial charge in [0.25, 0.3) is 0 Å². The minimum atomic E-state index is -1.01. The van der Waals surface area contributed by atoms with E-state index < -0.39 is 18.0 Å². The SMILES string of the molecule is CCCC[C@H](NC(=O)NCC(C)OC)C(=O)O. The van der Waals surface area contributed by atoms with Gasteiger partial charge in [-0.2, -0.15) is 0 Å². The summed E-state index contributed by atoms with van der Waals surface area (Å²) < 4.78 is 4.96. The number of carboxylic acid groups (broad SMARTS) is 1. The summed E-state index contributed by atoms with van der Waals surface area (Å²) in [5, 5.41) is 13.9. The second kappa shape index (κ2) is 8.81. The van der Waals surface area contributed by atoms with Crippen molar-refractivity contribution in [2.45, 2.75) is 45.3 Å². The van der Waals surface area contributed by atoms with Crippen LogP contribution in [0.15, 0.2) is 0 Å². The molecule has 3 N–H and O–H groups in total. The molecule has 0 radical (unpaired) electrons. The van der Waals surface area contributed by atoms with Crippen LogP contribution in [0.2, 0.25) is 0 Å². The lowest BCUT2D eigenvalue weighted by atomic mass is 10.1. The fourth-order valence-electron chi connectivity index (χ4n) is 1.19. The zero-order valence-corrected chi connectivity index (χ0v) is 10.7. The van der Waals surface area contributed by atoms with E-state index in [0.717, 1.165) is 12.8 Å². The maximum absolute atomic E-state index is 11.4. The Morgan fingerprint density at radius 1 is 1.41 bits per heavy atom. The van der Waals surface area contributed by atoms with Gasteiger partial charge in [-0.05, 0) is 13.3 Å². The molecule has 0 spiro atoms. The molecule has 0 aliphatic heterocycles. The second-order valence-corrected chi connectivity index (χ2v) is 3.93. The van der Waals surface area contributed by atoms with Crippen LogP contribution in [-0.2, 0) is 9.53 Å². The number of carbonyl (C=O) groups excluding carboxylic acids is 1. The average Bonchev–Trinajstić information content (AvgIpc) is 2.30. The van der Waals surface area contributed by atoms with Crippen LogP contribution in [0.4, 0.5) is 4.79 Å². The van der Waals surface area contributed by atoms with E-state index in [4.69, 9.17) is 9.84 Å². The summed E-state index contributed by atoms with van der Waals surface area (Å²) in [6.07, 6.45) is 2.01. The van der Waals surface area contributed by atoms with Gasteiger partial charge < -0.3 is 20.5 Å². The van der Waals surface area contributed by atoms with Crippen LogP contribution >= 0.6 is 0 Å². The molecule has 0 saturated heterocycles. The van der Waals surface area contributed by atoms with Gasteiger partial charge >= 0.3 is 12.0 Å². The number of urea groups is 1. The average molecular weight is 246 g/mol. The molecule has 1 unspecified atom stereocenters. The van der Waals surface area contributed by atoms with Crippen LogP contribution < -0.4 is 10.6 Å². The maximum atomic E-state index is 11.4. The molecule has 0 aromatic carbocycles. The summed E-state index contributed by atoms with van der Waals surface area (Å²) in [7, 11) is 1.55. The van der Waals surface area contributed by atoms with Crippen LogP contribution in [0.5, 0.6) is 0 Å². The Morgan fingerprint density at radius 2 is 2.06 bits per heavy atom. The first kappa shape index (κ1) is 15.7. The van der Waals surface area contributed by atoms with E-state index in [9.17, 15) is 9.59 Å². The lowest BCUT2D eigenvalue weighted by Crippen LogP contribution is -2.47. The van der Waals surface area contributed by atoms with Crippen molar-refractivity contribution >= 4 is 12.0 Å². The third-order valence-electron chi connectivity index (χ3n) is 2.40. The quantitative estimate of drug-likeness (QED) is 0.595. The van der Waals surface area contributed by atoms with Gasteiger partial charge in [-0.3, -0.25) is 0 Å². The Labute approximate surface area is 102 Å². The van der Waals surface area contributed by atoms with E-state index in [1.54, 1.807) is 7.11 Å². The number of carbonyl (C=O) groups is 2. The first-order valence-corrected chi connectivity index (χ1v) is 5.81. The number of nitrogens with one attached hydrogen (secondary N) is 2. The minimum Gasteiger partial charge on any atom is -0.480 e. The van der Waals surface area contributed by atoms with E-state index in [2.05, 4.69) is 10.6 Å². The highest BCUT2D eigenvalue weighted by molar-refractivity contribution is 5.82. The standard InChI is InChI=1S/C11H22N2O4/c1-4-5-6-9(10(14)15)13-11(16)12-7-8(2)17-3/h8-9H,4-7H2,1-3H3,(H,14,15)(H2,12,13,16)/t8?,9-/m0/s1. The summed E-state index contributed by atoms with van der Waals surface area (Å²) >= 11 is 0. The summed E-state index contributed by atoms with van der Waals surface area (Å²) in [6.45, 7) is 4.13. The molecule has 0 aliphatic carbocycles. The van der Waals surface area contributed by atoms with Gasteiger partial charge in [0.1, 0.15) is 6.04 Å². The summed E-state index contributed by atoms with van der Waals surface area (Å²) in [5.74, 6) is -1.01. The van der Waals surface area contributed by atoms with Crippen molar-refractivity contribution in [3.63, 3.8) is 0 Å². The molecule has 17 heavy (non-hydrogen) atoms. The number of unbranched alkanes of at least 4 members (excludes halogenated alkanes) is 1. The van der Waals surface area contributed by atoms with Crippen molar-refractivity contribution in [2.75, 3.05) is 13.7 Å². The predicted molar refractivity (Wildman–Crippen MR) is 64.0 cm³/mol. The molecule has 6 nitrogen and oxygen atoms in total. The Bertz CT molecular complexity index is 246. The number of carboxylic acids is 1. The van der Waals surface area contributed by atoms with E-state index >= 15 is 0 Å². The summed E-state index contributed by atoms with van der Waals surface area (Å²) in [4.78, 5) is 22.3. The summed E-state index contributed by atoms with van der Waals surface area (Å²) in [5.41, 5.74) is 0. The molecule has 0 aliphatic rings. The normalized spacial score (nSPS) is 13.8. The van der Waals surface area contributed by atoms with Gasteiger partial charge in [-0.25, -0.2) is 9.59 Å². The predicted octanol–water partition coefficient (Wildman–Crippen LogP) is 0.964. The highest BCUT2D eigenvalue weighted by atomic mass is 16.5. The molecular weight excluding hydrogens is 224 g/mol. The topological polar surface area (TPSA) is 87.7 Å². The lowest BCUT2D eigenvalue weighted by Gasteiger charge is -2.16. The number of ether oxygens (including phenoxy) is 1. The van der Waals surface area contributed by atoms with E-state index in [-0.39, 0.29) is 6.10 Å². The zero-order valence-electron chi connectivity index (χ0n) is 10.7. The zero-order chi connectivity index (χ0) is 13.3. The van der Waals surface area contributed by atoms with Crippen molar-refractivity contribution in [3.05, 3.63) is 0 Å². The Kier molecular flexibility index (Phi) is 8.13. The van der Waals surface area contributed by atoms with E-state index in [1.807, 2.05) is 13.8 Å². The van der Waals surface area contributed by atoms with Crippen molar-refractivity contribution in [1.82, 2.24) is 10.6 Å². The number of methoxy groups -OCH3 is 1. The monoisotopic (exact) mass is 246 g/mol. The Balaban J connectivity index is 3.99. The van der Waals surface area contributed by atoms with Crippen molar-refractivity contribution < 1.29 is 19.4 Å². The Morgan fingerprint density at radius 3 is 2.53 bits per heavy atom. The molecule has 0 heterocycles.